The summed E-state index contributed by atoms with van der Waals surface area (Å²) in [6.45, 7) is 0. The topological polar surface area (TPSA) is 57.7 Å². The van der Waals surface area contributed by atoms with Crippen LogP contribution in [0.3, 0.4) is 0 Å². The van der Waals surface area contributed by atoms with E-state index in [1.165, 1.54) is 4.90 Å². The van der Waals surface area contributed by atoms with Crippen molar-refractivity contribution in [2.75, 3.05) is 0 Å². The molecule has 1 aromatic rings. The van der Waals surface area contributed by atoms with E-state index in [0.29, 0.717) is 48.6 Å². The van der Waals surface area contributed by atoms with Gasteiger partial charge in [0, 0.05) is 47.4 Å². The second-order valence-electron chi connectivity index (χ2n) is 7.70. The van der Waals surface area contributed by atoms with Crippen LogP contribution in [0.2, 0.25) is 10.0 Å². The number of aryl methyl sites for hydroxylation is 1. The predicted octanol–water partition coefficient (Wildman–Crippen LogP) is 3.60. The van der Waals surface area contributed by atoms with E-state index in [4.69, 9.17) is 23.2 Å². The van der Waals surface area contributed by atoms with Crippen LogP contribution in [-0.2, 0) is 20.8 Å². The van der Waals surface area contributed by atoms with E-state index < -0.39 is 0 Å². The number of hydrogen-bond donors (Lipinski definition) is 0. The number of nitrogens with zero attached hydrogens (tertiary/aromatic N) is 2. The Hall–Kier alpha value is -1.59. The minimum Gasteiger partial charge on any atom is -0.337 e. The fraction of sp³-hybridized carbons (Fsp3) is 0.550. The highest BCUT2D eigenvalue weighted by Gasteiger charge is 2.47. The second-order valence-corrected chi connectivity index (χ2v) is 8.55. The summed E-state index contributed by atoms with van der Waals surface area (Å²) in [4.78, 5) is 40.5. The largest absolute Gasteiger partial charge is 0.337 e. The van der Waals surface area contributed by atoms with Gasteiger partial charge in [0.1, 0.15) is 0 Å². The highest BCUT2D eigenvalue weighted by atomic mass is 35.5. The van der Waals surface area contributed by atoms with Crippen molar-refractivity contribution in [2.45, 2.75) is 69.5 Å². The van der Waals surface area contributed by atoms with E-state index in [-0.39, 0.29) is 35.8 Å². The summed E-state index contributed by atoms with van der Waals surface area (Å²) in [6.07, 6.45) is 4.96. The number of carbonyl (C=O) groups is 3. The maximum Gasteiger partial charge on any atom is 0.229 e. The lowest BCUT2D eigenvalue weighted by Crippen LogP contribution is -2.53. The van der Waals surface area contributed by atoms with Crippen LogP contribution in [0.1, 0.15) is 50.5 Å². The molecule has 1 aromatic carbocycles. The molecule has 3 heterocycles. The number of benzene rings is 1. The number of hydrogen-bond acceptors (Lipinski definition) is 3. The molecule has 3 aliphatic rings. The molecule has 3 saturated heterocycles. The molecule has 0 N–H and O–H groups in total. The first-order chi connectivity index (χ1) is 12.9. The van der Waals surface area contributed by atoms with Gasteiger partial charge >= 0.3 is 0 Å². The molecule has 2 unspecified atom stereocenters. The van der Waals surface area contributed by atoms with Crippen molar-refractivity contribution >= 4 is 40.9 Å². The van der Waals surface area contributed by atoms with Gasteiger partial charge in [0.25, 0.3) is 0 Å². The standard InChI is InChI=1S/C20H22Cl2N2O3/c21-13-3-1-12(17(22)9-13)2-6-18(25)23-14-4-5-15(23)11-16(10-14)24-19(26)7-8-20(24)27/h1,3,9,14-16H,2,4-8,10-11H2. The van der Waals surface area contributed by atoms with Crippen LogP contribution in [-0.4, -0.2) is 45.6 Å². The number of rotatable bonds is 4. The first-order valence-electron chi connectivity index (χ1n) is 9.54. The molecular formula is C20H22Cl2N2O3. The molecule has 4 rings (SSSR count). The van der Waals surface area contributed by atoms with Crippen LogP contribution in [0.25, 0.3) is 0 Å². The van der Waals surface area contributed by atoms with Crippen molar-refractivity contribution in [1.82, 2.24) is 9.80 Å². The lowest BCUT2D eigenvalue weighted by Gasteiger charge is -2.41. The Balaban J connectivity index is 1.40. The van der Waals surface area contributed by atoms with Gasteiger partial charge in [-0.25, -0.2) is 0 Å². The van der Waals surface area contributed by atoms with Gasteiger partial charge in [0.05, 0.1) is 0 Å². The van der Waals surface area contributed by atoms with Crippen LogP contribution in [0.15, 0.2) is 18.2 Å². The molecule has 27 heavy (non-hydrogen) atoms. The van der Waals surface area contributed by atoms with Crippen LogP contribution in [0.4, 0.5) is 0 Å². The van der Waals surface area contributed by atoms with Gasteiger partial charge in [0.15, 0.2) is 0 Å². The Bertz CT molecular complexity index is 767. The SMILES string of the molecule is O=C1CCC(=O)N1C1CC2CCC(C1)N2C(=O)CCc1ccc(Cl)cc1Cl. The molecular weight excluding hydrogens is 387 g/mol. The second kappa shape index (κ2) is 7.44. The number of halogens is 2. The molecule has 2 bridgehead atoms. The molecule has 7 heteroatoms. The summed E-state index contributed by atoms with van der Waals surface area (Å²) in [5.74, 6) is 0.0224. The number of amides is 3. The van der Waals surface area contributed by atoms with E-state index >= 15 is 0 Å². The molecule has 0 aromatic heterocycles. The maximum absolute atomic E-state index is 12.9. The zero-order valence-corrected chi connectivity index (χ0v) is 16.5. The Morgan fingerprint density at radius 3 is 2.22 bits per heavy atom. The minimum atomic E-state index is -0.0541. The summed E-state index contributed by atoms with van der Waals surface area (Å²) in [5, 5.41) is 1.17. The highest BCUT2D eigenvalue weighted by molar-refractivity contribution is 6.35. The van der Waals surface area contributed by atoms with Gasteiger partial charge in [-0.15, -0.1) is 0 Å². The molecule has 0 spiro atoms. The van der Waals surface area contributed by atoms with Crippen molar-refractivity contribution in [3.05, 3.63) is 33.8 Å². The number of piperidine rings is 1. The van der Waals surface area contributed by atoms with Crippen LogP contribution in [0, 0.1) is 0 Å². The van der Waals surface area contributed by atoms with Crippen LogP contribution in [0.5, 0.6) is 0 Å². The van der Waals surface area contributed by atoms with Gasteiger partial charge < -0.3 is 4.90 Å². The van der Waals surface area contributed by atoms with Gasteiger partial charge in [-0.1, -0.05) is 29.3 Å². The summed E-state index contributed by atoms with van der Waals surface area (Å²) >= 11 is 12.1. The van der Waals surface area contributed by atoms with Crippen LogP contribution < -0.4 is 0 Å². The summed E-state index contributed by atoms with van der Waals surface area (Å²) < 4.78 is 0. The van der Waals surface area contributed by atoms with E-state index in [9.17, 15) is 14.4 Å². The van der Waals surface area contributed by atoms with Gasteiger partial charge in [-0.2, -0.15) is 0 Å². The first kappa shape index (κ1) is 18.8. The summed E-state index contributed by atoms with van der Waals surface area (Å²) in [6, 6.07) is 5.56. The Morgan fingerprint density at radius 2 is 1.63 bits per heavy atom. The van der Waals surface area contributed by atoms with Crippen molar-refractivity contribution in [3.8, 4) is 0 Å². The molecule has 0 radical (unpaired) electrons. The third kappa shape index (κ3) is 3.59. The smallest absolute Gasteiger partial charge is 0.229 e. The quantitative estimate of drug-likeness (QED) is 0.715. The third-order valence-corrected chi connectivity index (χ3v) is 6.66. The molecule has 3 amide bonds. The molecule has 0 aliphatic carbocycles. The monoisotopic (exact) mass is 408 g/mol. The van der Waals surface area contributed by atoms with Gasteiger partial charge in [-0.05, 0) is 49.8 Å². The zero-order valence-electron chi connectivity index (χ0n) is 15.0. The van der Waals surface area contributed by atoms with Crippen molar-refractivity contribution in [2.24, 2.45) is 0 Å². The molecule has 3 aliphatic heterocycles. The maximum atomic E-state index is 12.9. The fourth-order valence-electron chi connectivity index (χ4n) is 4.86. The van der Waals surface area contributed by atoms with Crippen molar-refractivity contribution < 1.29 is 14.4 Å². The van der Waals surface area contributed by atoms with Crippen LogP contribution >= 0.6 is 23.2 Å². The number of fused-ring (bicyclic) bond motifs is 2. The van der Waals surface area contributed by atoms with E-state index in [1.54, 1.807) is 12.1 Å². The first-order valence-corrected chi connectivity index (χ1v) is 10.3. The van der Waals surface area contributed by atoms with Crippen molar-refractivity contribution in [3.63, 3.8) is 0 Å². The number of carbonyl (C=O) groups excluding carboxylic acids is 3. The normalized spacial score (nSPS) is 27.6. The average Bonchev–Trinajstić information content (AvgIpc) is 3.09. The lowest BCUT2D eigenvalue weighted by molar-refractivity contribution is -0.144. The fourth-order valence-corrected chi connectivity index (χ4v) is 5.37. The van der Waals surface area contributed by atoms with Crippen molar-refractivity contribution in [1.29, 1.82) is 0 Å². The van der Waals surface area contributed by atoms with E-state index in [0.717, 1.165) is 18.4 Å². The highest BCUT2D eigenvalue weighted by Crippen LogP contribution is 2.39. The summed E-state index contributed by atoms with van der Waals surface area (Å²) in [7, 11) is 0. The summed E-state index contributed by atoms with van der Waals surface area (Å²) in [5.41, 5.74) is 0.921. The number of likely N-dealkylation sites (tertiary alicyclic amines) is 1. The molecule has 144 valence electrons. The molecule has 5 nitrogen and oxygen atoms in total. The number of imide groups is 1. The predicted molar refractivity (Wildman–Crippen MR) is 103 cm³/mol. The zero-order chi connectivity index (χ0) is 19.1. The molecule has 0 saturated carbocycles. The van der Waals surface area contributed by atoms with Gasteiger partial charge in [-0.3, -0.25) is 19.3 Å². The Labute approximate surface area is 168 Å². The van der Waals surface area contributed by atoms with E-state index in [2.05, 4.69) is 0 Å². The molecule has 3 fully saturated rings. The Morgan fingerprint density at radius 1 is 1.00 bits per heavy atom. The lowest BCUT2D eigenvalue weighted by atomic mass is 9.95. The average molecular weight is 409 g/mol. The van der Waals surface area contributed by atoms with E-state index in [1.807, 2.05) is 11.0 Å². The Kier molecular flexibility index (Phi) is 5.17. The van der Waals surface area contributed by atoms with Gasteiger partial charge in [0.2, 0.25) is 17.7 Å². The molecule has 2 atom stereocenters. The third-order valence-electron chi connectivity index (χ3n) is 6.07. The minimum absolute atomic E-state index is 0.0419.